The first-order valence-corrected chi connectivity index (χ1v) is 18.1. The van der Waals surface area contributed by atoms with Gasteiger partial charge in [-0.3, -0.25) is 14.6 Å². The number of aryl methyl sites for hydroxylation is 1. The lowest BCUT2D eigenvalue weighted by Crippen LogP contribution is -2.59. The Morgan fingerprint density at radius 2 is 1.69 bits per heavy atom. The third-order valence-corrected chi connectivity index (χ3v) is 10.8. The number of unbranched alkanes of at least 4 members (excludes halogenated alkanes) is 1. The van der Waals surface area contributed by atoms with Crippen LogP contribution in [0.5, 0.6) is 0 Å². The van der Waals surface area contributed by atoms with E-state index in [2.05, 4.69) is 52.8 Å². The summed E-state index contributed by atoms with van der Waals surface area (Å²) in [6.45, 7) is 16.6. The molecule has 45 heavy (non-hydrogen) atoms. The molecule has 0 saturated carbocycles. The molecule has 3 saturated heterocycles. The number of benzene rings is 1. The number of hydrogen-bond donors (Lipinski definition) is 0. The average Bonchev–Trinajstić information content (AvgIpc) is 3.17. The quantitative estimate of drug-likeness (QED) is 0.289. The summed E-state index contributed by atoms with van der Waals surface area (Å²) in [7, 11) is 0. The monoisotopic (exact) mass is 640 g/mol. The summed E-state index contributed by atoms with van der Waals surface area (Å²) in [4.78, 5) is 35.6. The Balaban J connectivity index is 1.14. The first kappa shape index (κ1) is 34.3. The third-order valence-electron chi connectivity index (χ3n) is 10.5. The fourth-order valence-corrected chi connectivity index (χ4v) is 8.12. The Morgan fingerprint density at radius 1 is 0.956 bits per heavy atom. The summed E-state index contributed by atoms with van der Waals surface area (Å²) >= 11 is 6.38. The van der Waals surface area contributed by atoms with Crippen LogP contribution in [0, 0.1) is 5.92 Å². The lowest BCUT2D eigenvalue weighted by molar-refractivity contribution is -0.138. The lowest BCUT2D eigenvalue weighted by Gasteiger charge is -2.47. The molecular formula is C37H57ClN4O3. The predicted octanol–water partition coefficient (Wildman–Crippen LogP) is 7.48. The van der Waals surface area contributed by atoms with Crippen molar-refractivity contribution in [1.29, 1.82) is 0 Å². The number of piperidine rings is 2. The van der Waals surface area contributed by atoms with E-state index >= 15 is 0 Å². The molecule has 0 N–H and O–H groups in total. The van der Waals surface area contributed by atoms with Crippen molar-refractivity contribution in [3.8, 4) is 0 Å². The lowest BCUT2D eigenvalue weighted by atomic mass is 9.92. The zero-order chi connectivity index (χ0) is 32.1. The van der Waals surface area contributed by atoms with Gasteiger partial charge in [0.05, 0.1) is 6.04 Å². The van der Waals surface area contributed by atoms with E-state index in [-0.39, 0.29) is 6.09 Å². The van der Waals surface area contributed by atoms with Crippen LogP contribution in [0.1, 0.15) is 110 Å². The number of rotatable bonds is 7. The minimum absolute atomic E-state index is 0.232. The predicted molar refractivity (Wildman–Crippen MR) is 183 cm³/mol. The van der Waals surface area contributed by atoms with E-state index in [9.17, 15) is 9.59 Å². The van der Waals surface area contributed by atoms with Crippen molar-refractivity contribution in [2.45, 2.75) is 123 Å². The van der Waals surface area contributed by atoms with Crippen LogP contribution in [-0.2, 0) is 16.0 Å². The molecular weight excluding hydrogens is 584 g/mol. The summed E-state index contributed by atoms with van der Waals surface area (Å²) < 4.78 is 5.56. The smallest absolute Gasteiger partial charge is 0.410 e. The van der Waals surface area contributed by atoms with Crippen LogP contribution in [0.25, 0.3) is 0 Å². The Labute approximate surface area is 277 Å². The standard InChI is InChI=1S/C37H57ClN4O3/c1-6-7-8-32-26-41(21-22-42(32)35(43)24-28-13-17-40(18-14-28)36(44)45-37(3,4)5)31-15-19-39(20-16-31)34-23-27(2)9-10-29-25-30(38)11-12-33(29)34/h11-12,23,25,28,31-32,34H,6-10,13-22,24,26H2,1-5H3. The maximum atomic E-state index is 13.7. The molecule has 3 fully saturated rings. The van der Waals surface area contributed by atoms with Gasteiger partial charge in [-0.2, -0.15) is 0 Å². The third kappa shape index (κ3) is 9.04. The molecule has 0 aromatic heterocycles. The van der Waals surface area contributed by atoms with E-state index in [1.807, 2.05) is 25.7 Å². The second-order valence-corrected chi connectivity index (χ2v) is 15.5. The minimum Gasteiger partial charge on any atom is -0.444 e. The highest BCUT2D eigenvalue weighted by Gasteiger charge is 2.37. The van der Waals surface area contributed by atoms with Crippen molar-refractivity contribution >= 4 is 23.6 Å². The summed E-state index contributed by atoms with van der Waals surface area (Å²) in [6, 6.07) is 7.70. The van der Waals surface area contributed by atoms with Gasteiger partial charge < -0.3 is 14.5 Å². The maximum absolute atomic E-state index is 13.7. The second kappa shape index (κ2) is 15.2. The zero-order valence-corrected chi connectivity index (χ0v) is 29.3. The zero-order valence-electron chi connectivity index (χ0n) is 28.5. The number of amides is 2. The van der Waals surface area contributed by atoms with Crippen molar-refractivity contribution in [3.63, 3.8) is 0 Å². The van der Waals surface area contributed by atoms with Gasteiger partial charge in [-0.05, 0) is 102 Å². The second-order valence-electron chi connectivity index (χ2n) is 15.1. The number of allylic oxidation sites excluding steroid dienone is 1. The highest BCUT2D eigenvalue weighted by atomic mass is 35.5. The fraction of sp³-hybridized carbons (Fsp3) is 0.730. The number of fused-ring (bicyclic) bond motifs is 1. The SMILES string of the molecule is CCCCC1CN(C2CCN(C3C=C(C)CCc4cc(Cl)ccc43)CC2)CCN1C(=O)CC1CCN(C(=O)OC(C)(C)C)CC1. The summed E-state index contributed by atoms with van der Waals surface area (Å²) in [6.07, 6.45) is 12.5. The van der Waals surface area contributed by atoms with Crippen molar-refractivity contribution in [2.24, 2.45) is 5.92 Å². The van der Waals surface area contributed by atoms with E-state index in [1.165, 1.54) is 29.5 Å². The van der Waals surface area contributed by atoms with Crippen LogP contribution in [-0.4, -0.2) is 95.1 Å². The van der Waals surface area contributed by atoms with E-state index in [0.717, 1.165) is 82.7 Å². The van der Waals surface area contributed by atoms with Crippen molar-refractivity contribution in [3.05, 3.63) is 46.0 Å². The number of likely N-dealkylation sites (tertiary alicyclic amines) is 2. The van der Waals surface area contributed by atoms with Gasteiger partial charge in [-0.1, -0.05) is 49.1 Å². The molecule has 3 heterocycles. The average molecular weight is 641 g/mol. The van der Waals surface area contributed by atoms with Gasteiger partial charge in [0.15, 0.2) is 0 Å². The molecule has 5 rings (SSSR count). The molecule has 4 aliphatic rings. The Morgan fingerprint density at radius 3 is 2.38 bits per heavy atom. The number of hydrogen-bond acceptors (Lipinski definition) is 5. The minimum atomic E-state index is -0.483. The molecule has 0 radical (unpaired) electrons. The fourth-order valence-electron chi connectivity index (χ4n) is 7.92. The van der Waals surface area contributed by atoms with E-state index < -0.39 is 5.60 Å². The topological polar surface area (TPSA) is 56.3 Å². The van der Waals surface area contributed by atoms with Crippen LogP contribution >= 0.6 is 11.6 Å². The number of piperazine rings is 1. The summed E-state index contributed by atoms with van der Waals surface area (Å²) in [5.74, 6) is 0.656. The largest absolute Gasteiger partial charge is 0.444 e. The van der Waals surface area contributed by atoms with Crippen molar-refractivity contribution in [2.75, 3.05) is 45.8 Å². The Bertz CT molecular complexity index is 1200. The summed E-state index contributed by atoms with van der Waals surface area (Å²) in [5.41, 5.74) is 3.82. The molecule has 250 valence electrons. The number of carbonyl (C=O) groups excluding carboxylic acids is 2. The molecule has 8 heteroatoms. The van der Waals surface area contributed by atoms with Crippen LogP contribution in [0.2, 0.25) is 5.02 Å². The molecule has 2 atom stereocenters. The molecule has 1 aromatic rings. The van der Waals surface area contributed by atoms with Crippen LogP contribution in [0.3, 0.4) is 0 Å². The molecule has 0 spiro atoms. The van der Waals surface area contributed by atoms with E-state index in [0.29, 0.717) is 49.5 Å². The highest BCUT2D eigenvalue weighted by molar-refractivity contribution is 6.30. The molecule has 2 unspecified atom stereocenters. The van der Waals surface area contributed by atoms with Gasteiger partial charge >= 0.3 is 6.09 Å². The van der Waals surface area contributed by atoms with Gasteiger partial charge in [-0.25, -0.2) is 4.79 Å². The number of carbonyl (C=O) groups is 2. The first-order valence-electron chi connectivity index (χ1n) is 17.7. The van der Waals surface area contributed by atoms with Gasteiger partial charge in [-0.15, -0.1) is 0 Å². The van der Waals surface area contributed by atoms with Gasteiger partial charge in [0, 0.05) is 69.3 Å². The van der Waals surface area contributed by atoms with Crippen LogP contribution in [0.15, 0.2) is 29.8 Å². The van der Waals surface area contributed by atoms with Crippen molar-refractivity contribution < 1.29 is 14.3 Å². The molecule has 2 amide bonds. The number of halogens is 1. The molecule has 7 nitrogen and oxygen atoms in total. The normalized spacial score (nSPS) is 24.6. The van der Waals surface area contributed by atoms with Gasteiger partial charge in [0.2, 0.25) is 5.91 Å². The highest BCUT2D eigenvalue weighted by Crippen LogP contribution is 2.36. The van der Waals surface area contributed by atoms with E-state index in [1.54, 1.807) is 0 Å². The molecule has 1 aromatic carbocycles. The van der Waals surface area contributed by atoms with Gasteiger partial charge in [0.1, 0.15) is 5.60 Å². The molecule has 1 aliphatic carbocycles. The maximum Gasteiger partial charge on any atom is 0.410 e. The van der Waals surface area contributed by atoms with Crippen LogP contribution in [0.4, 0.5) is 4.79 Å². The summed E-state index contributed by atoms with van der Waals surface area (Å²) in [5, 5.41) is 0.838. The Kier molecular flexibility index (Phi) is 11.6. The Hall–Kier alpha value is -2.09. The van der Waals surface area contributed by atoms with E-state index in [4.69, 9.17) is 16.3 Å². The first-order chi connectivity index (χ1) is 21.5. The van der Waals surface area contributed by atoms with Crippen molar-refractivity contribution in [1.82, 2.24) is 19.6 Å². The molecule has 0 bridgehead atoms. The van der Waals surface area contributed by atoms with Crippen LogP contribution < -0.4 is 0 Å². The van der Waals surface area contributed by atoms with Gasteiger partial charge in [0.25, 0.3) is 0 Å². The molecule has 3 aliphatic heterocycles. The number of ether oxygens (including phenoxy) is 1. The number of nitrogens with zero attached hydrogens (tertiary/aromatic N) is 4.